The highest BCUT2D eigenvalue weighted by molar-refractivity contribution is 5.87. The number of nitrogens with zero attached hydrogens (tertiary/aromatic N) is 1. The summed E-state index contributed by atoms with van der Waals surface area (Å²) < 4.78 is 29.7. The van der Waals surface area contributed by atoms with Gasteiger partial charge >= 0.3 is 5.97 Å². The lowest BCUT2D eigenvalue weighted by molar-refractivity contribution is 0.0592. The maximum atomic E-state index is 12.6. The molecule has 0 aliphatic rings. The van der Waals surface area contributed by atoms with Gasteiger partial charge in [0.2, 0.25) is 0 Å². The van der Waals surface area contributed by atoms with Crippen LogP contribution in [0.25, 0.3) is 0 Å². The summed E-state index contributed by atoms with van der Waals surface area (Å²) in [5, 5.41) is 0. The highest BCUT2D eigenvalue weighted by atomic mass is 19.3. The van der Waals surface area contributed by atoms with Gasteiger partial charge in [0, 0.05) is 6.54 Å². The predicted octanol–water partition coefficient (Wildman–Crippen LogP) is 1.57. The van der Waals surface area contributed by atoms with Crippen molar-refractivity contribution >= 4 is 5.97 Å². The molecule has 6 heteroatoms. The lowest BCUT2D eigenvalue weighted by atomic mass is 10.1. The molecule has 0 aromatic carbocycles. The molecular formula is C10H12F2N2O2. The number of alkyl halides is 2. The topological polar surface area (TPSA) is 65.2 Å². The van der Waals surface area contributed by atoms with E-state index in [0.29, 0.717) is 11.1 Å². The minimum absolute atomic E-state index is 0.0675. The molecule has 16 heavy (non-hydrogen) atoms. The molecule has 2 N–H and O–H groups in total. The highest BCUT2D eigenvalue weighted by Crippen LogP contribution is 2.23. The van der Waals surface area contributed by atoms with Crippen molar-refractivity contribution in [3.8, 4) is 0 Å². The number of pyridine rings is 1. The molecule has 88 valence electrons. The van der Waals surface area contributed by atoms with Gasteiger partial charge < -0.3 is 10.5 Å². The number of ether oxygens (including phenoxy) is 1. The fourth-order valence-electron chi connectivity index (χ4n) is 1.32. The first-order chi connectivity index (χ1) is 7.51. The molecule has 0 aliphatic heterocycles. The Morgan fingerprint density at radius 2 is 2.25 bits per heavy atom. The van der Waals surface area contributed by atoms with Crippen LogP contribution in [-0.4, -0.2) is 18.1 Å². The molecule has 0 radical (unpaired) electrons. The average Bonchev–Trinajstić information content (AvgIpc) is 2.27. The molecule has 0 aliphatic carbocycles. The summed E-state index contributed by atoms with van der Waals surface area (Å²) in [6.07, 6.45) is -2.74. The smallest absolute Gasteiger partial charge is 0.356 e. The molecular weight excluding hydrogens is 218 g/mol. The zero-order valence-electron chi connectivity index (χ0n) is 8.96. The van der Waals surface area contributed by atoms with Gasteiger partial charge in [0.25, 0.3) is 6.43 Å². The van der Waals surface area contributed by atoms with E-state index in [0.717, 1.165) is 7.11 Å². The Morgan fingerprint density at radius 3 is 2.69 bits per heavy atom. The van der Waals surface area contributed by atoms with E-state index in [2.05, 4.69) is 9.72 Å². The third kappa shape index (κ3) is 2.33. The van der Waals surface area contributed by atoms with Crippen LogP contribution in [-0.2, 0) is 11.3 Å². The number of halogens is 2. The number of carbonyl (C=O) groups excluding carboxylic acids is 1. The van der Waals surface area contributed by atoms with E-state index in [4.69, 9.17) is 5.73 Å². The number of carbonyl (C=O) groups is 1. The van der Waals surface area contributed by atoms with Gasteiger partial charge in [-0.3, -0.25) is 0 Å². The molecule has 1 aromatic heterocycles. The normalized spacial score (nSPS) is 10.6. The maximum Gasteiger partial charge on any atom is 0.356 e. The Hall–Kier alpha value is -1.56. The summed E-state index contributed by atoms with van der Waals surface area (Å²) in [7, 11) is 1.16. The van der Waals surface area contributed by atoms with Crippen molar-refractivity contribution in [2.24, 2.45) is 5.73 Å². The van der Waals surface area contributed by atoms with Gasteiger partial charge in [-0.15, -0.1) is 0 Å². The summed E-state index contributed by atoms with van der Waals surface area (Å²) in [5.41, 5.74) is 5.60. The van der Waals surface area contributed by atoms with Gasteiger partial charge in [-0.05, 0) is 24.1 Å². The minimum atomic E-state index is -2.74. The summed E-state index contributed by atoms with van der Waals surface area (Å²) in [6, 6.07) is 1.37. The Kier molecular flexibility index (Phi) is 3.89. The van der Waals surface area contributed by atoms with Gasteiger partial charge in [-0.25, -0.2) is 18.6 Å². The van der Waals surface area contributed by atoms with Crippen molar-refractivity contribution in [1.29, 1.82) is 0 Å². The van der Waals surface area contributed by atoms with Crippen LogP contribution in [0.3, 0.4) is 0 Å². The van der Waals surface area contributed by atoms with E-state index in [-0.39, 0.29) is 12.2 Å². The molecule has 0 saturated heterocycles. The third-order valence-corrected chi connectivity index (χ3v) is 2.24. The number of aromatic nitrogens is 1. The SMILES string of the molecule is COC(=O)c1cc(CN)c(C)c(C(F)F)n1. The van der Waals surface area contributed by atoms with Gasteiger partial charge in [0.1, 0.15) is 11.4 Å². The molecule has 0 amide bonds. The van der Waals surface area contributed by atoms with Crippen molar-refractivity contribution in [2.75, 3.05) is 7.11 Å². The maximum absolute atomic E-state index is 12.6. The van der Waals surface area contributed by atoms with Crippen LogP contribution in [0.2, 0.25) is 0 Å². The Bertz CT molecular complexity index is 408. The molecule has 0 atom stereocenters. The quantitative estimate of drug-likeness (QED) is 0.800. The number of rotatable bonds is 3. The number of hydrogen-bond donors (Lipinski definition) is 1. The van der Waals surface area contributed by atoms with Gasteiger partial charge in [0.05, 0.1) is 7.11 Å². The fourth-order valence-corrected chi connectivity index (χ4v) is 1.32. The standard InChI is InChI=1S/C10H12F2N2O2/c1-5-6(4-13)3-7(10(15)16-2)14-8(5)9(11)12/h3,9H,4,13H2,1-2H3. The van der Waals surface area contributed by atoms with Crippen LogP contribution in [0, 0.1) is 6.92 Å². The lowest BCUT2D eigenvalue weighted by Crippen LogP contribution is -2.12. The van der Waals surface area contributed by atoms with E-state index in [1.54, 1.807) is 0 Å². The van der Waals surface area contributed by atoms with Crippen molar-refractivity contribution in [1.82, 2.24) is 4.98 Å². The first-order valence-electron chi connectivity index (χ1n) is 4.58. The van der Waals surface area contributed by atoms with Crippen LogP contribution < -0.4 is 5.73 Å². The number of esters is 1. The van der Waals surface area contributed by atoms with E-state index in [9.17, 15) is 13.6 Å². The second kappa shape index (κ2) is 4.98. The van der Waals surface area contributed by atoms with E-state index in [1.807, 2.05) is 0 Å². The summed E-state index contributed by atoms with van der Waals surface area (Å²) in [6.45, 7) is 1.57. The second-order valence-electron chi connectivity index (χ2n) is 3.17. The largest absolute Gasteiger partial charge is 0.464 e. The van der Waals surface area contributed by atoms with Crippen LogP contribution in [0.4, 0.5) is 8.78 Å². The average molecular weight is 230 g/mol. The van der Waals surface area contributed by atoms with E-state index < -0.39 is 18.1 Å². The molecule has 0 fully saturated rings. The van der Waals surface area contributed by atoms with Gasteiger partial charge in [0.15, 0.2) is 0 Å². The summed E-state index contributed by atoms with van der Waals surface area (Å²) in [4.78, 5) is 14.8. The minimum Gasteiger partial charge on any atom is -0.464 e. The Morgan fingerprint density at radius 1 is 1.62 bits per heavy atom. The summed E-state index contributed by atoms with van der Waals surface area (Å²) in [5.74, 6) is -0.753. The molecule has 0 saturated carbocycles. The number of hydrogen-bond acceptors (Lipinski definition) is 4. The van der Waals surface area contributed by atoms with Crippen molar-refractivity contribution in [3.63, 3.8) is 0 Å². The number of nitrogens with two attached hydrogens (primary N) is 1. The molecule has 1 heterocycles. The Labute approximate surface area is 91.4 Å². The molecule has 0 bridgehead atoms. The van der Waals surface area contributed by atoms with Crippen LogP contribution in [0.1, 0.15) is 33.7 Å². The van der Waals surface area contributed by atoms with E-state index >= 15 is 0 Å². The zero-order chi connectivity index (χ0) is 12.3. The first kappa shape index (κ1) is 12.5. The van der Waals surface area contributed by atoms with Gasteiger partial charge in [-0.1, -0.05) is 0 Å². The predicted molar refractivity (Wildman–Crippen MR) is 53.2 cm³/mol. The molecule has 1 aromatic rings. The molecule has 1 rings (SSSR count). The third-order valence-electron chi connectivity index (χ3n) is 2.24. The molecule has 0 unspecified atom stereocenters. The van der Waals surface area contributed by atoms with Crippen LogP contribution in [0.15, 0.2) is 6.07 Å². The molecule has 4 nitrogen and oxygen atoms in total. The van der Waals surface area contributed by atoms with Gasteiger partial charge in [-0.2, -0.15) is 0 Å². The van der Waals surface area contributed by atoms with Crippen molar-refractivity contribution < 1.29 is 18.3 Å². The lowest BCUT2D eigenvalue weighted by Gasteiger charge is -2.10. The molecule has 0 spiro atoms. The van der Waals surface area contributed by atoms with Crippen LogP contribution in [0.5, 0.6) is 0 Å². The van der Waals surface area contributed by atoms with Crippen molar-refractivity contribution in [2.45, 2.75) is 19.9 Å². The monoisotopic (exact) mass is 230 g/mol. The Balaban J connectivity index is 3.34. The first-order valence-corrected chi connectivity index (χ1v) is 4.58. The zero-order valence-corrected chi connectivity index (χ0v) is 8.96. The second-order valence-corrected chi connectivity index (χ2v) is 3.17. The number of methoxy groups -OCH3 is 1. The fraction of sp³-hybridized carbons (Fsp3) is 0.400. The van der Waals surface area contributed by atoms with E-state index in [1.165, 1.54) is 13.0 Å². The highest BCUT2D eigenvalue weighted by Gasteiger charge is 2.19. The van der Waals surface area contributed by atoms with Crippen LogP contribution >= 0.6 is 0 Å². The summed E-state index contributed by atoms with van der Waals surface area (Å²) >= 11 is 0. The van der Waals surface area contributed by atoms with Crippen molar-refractivity contribution in [3.05, 3.63) is 28.6 Å².